The second-order valence-electron chi connectivity index (χ2n) is 6.08. The molecular weight excluding hydrogens is 224 g/mol. The van der Waals surface area contributed by atoms with Crippen LogP contribution in [-0.4, -0.2) is 49.8 Å². The molecule has 1 N–H and O–H groups in total. The van der Waals surface area contributed by atoms with Gasteiger partial charge in [0, 0.05) is 25.7 Å². The minimum Gasteiger partial charge on any atom is -0.377 e. The number of likely N-dealkylation sites (tertiary alicyclic amines) is 1. The molecule has 108 valence electrons. The van der Waals surface area contributed by atoms with E-state index in [4.69, 9.17) is 4.74 Å². The smallest absolute Gasteiger partial charge is 0.0787 e. The summed E-state index contributed by atoms with van der Waals surface area (Å²) in [7, 11) is 3.86. The molecule has 0 amide bonds. The zero-order valence-corrected chi connectivity index (χ0v) is 13.0. The number of hydrogen-bond acceptors (Lipinski definition) is 3. The maximum absolute atomic E-state index is 5.64. The molecule has 1 aliphatic heterocycles. The summed E-state index contributed by atoms with van der Waals surface area (Å²) in [6.45, 7) is 8.99. The molecular formula is C15H32N2O. The van der Waals surface area contributed by atoms with Crippen LogP contribution in [-0.2, 0) is 4.74 Å². The van der Waals surface area contributed by atoms with Gasteiger partial charge in [0.2, 0.25) is 0 Å². The Hall–Kier alpha value is -0.120. The van der Waals surface area contributed by atoms with Gasteiger partial charge in [0.05, 0.1) is 5.60 Å². The van der Waals surface area contributed by atoms with E-state index in [9.17, 15) is 0 Å². The number of ether oxygens (including phenoxy) is 1. The van der Waals surface area contributed by atoms with Crippen molar-refractivity contribution in [1.82, 2.24) is 10.2 Å². The number of likely N-dealkylation sites (N-methyl/N-ethyl adjacent to an activating group) is 1. The highest BCUT2D eigenvalue weighted by Crippen LogP contribution is 2.23. The van der Waals surface area contributed by atoms with Gasteiger partial charge in [-0.25, -0.2) is 0 Å². The molecule has 0 bridgehead atoms. The summed E-state index contributed by atoms with van der Waals surface area (Å²) in [6, 6.07) is 1.17. The zero-order valence-electron chi connectivity index (χ0n) is 13.0. The molecule has 1 fully saturated rings. The second kappa shape index (κ2) is 7.46. The largest absolute Gasteiger partial charge is 0.377 e. The molecule has 0 radical (unpaired) electrons. The van der Waals surface area contributed by atoms with Crippen molar-refractivity contribution >= 4 is 0 Å². The highest BCUT2D eigenvalue weighted by atomic mass is 16.5. The molecule has 2 atom stereocenters. The van der Waals surface area contributed by atoms with Gasteiger partial charge in [-0.15, -0.1) is 0 Å². The fourth-order valence-electron chi connectivity index (χ4n) is 3.00. The maximum Gasteiger partial charge on any atom is 0.0787 e. The zero-order chi connectivity index (χ0) is 13.6. The number of methoxy groups -OCH3 is 1. The van der Waals surface area contributed by atoms with Crippen molar-refractivity contribution in [3.8, 4) is 0 Å². The minimum absolute atomic E-state index is 0.108. The quantitative estimate of drug-likeness (QED) is 0.758. The Morgan fingerprint density at radius 3 is 2.67 bits per heavy atom. The maximum atomic E-state index is 5.64. The van der Waals surface area contributed by atoms with Crippen LogP contribution >= 0.6 is 0 Å². The van der Waals surface area contributed by atoms with Crippen molar-refractivity contribution in [2.45, 2.75) is 70.6 Å². The molecule has 1 aliphatic rings. The number of rotatable bonds is 7. The summed E-state index contributed by atoms with van der Waals surface area (Å²) in [5.74, 6) is 0. The van der Waals surface area contributed by atoms with Crippen LogP contribution < -0.4 is 5.32 Å². The van der Waals surface area contributed by atoms with Crippen molar-refractivity contribution in [3.63, 3.8) is 0 Å². The van der Waals surface area contributed by atoms with Crippen molar-refractivity contribution in [2.75, 3.05) is 27.2 Å². The Labute approximate surface area is 113 Å². The minimum atomic E-state index is -0.108. The molecule has 1 saturated heterocycles. The van der Waals surface area contributed by atoms with Crippen LogP contribution in [0.2, 0.25) is 0 Å². The van der Waals surface area contributed by atoms with Crippen LogP contribution in [0.4, 0.5) is 0 Å². The molecule has 0 saturated carbocycles. The lowest BCUT2D eigenvalue weighted by Gasteiger charge is -2.42. The molecule has 0 aromatic heterocycles. The van der Waals surface area contributed by atoms with Gasteiger partial charge < -0.3 is 10.1 Å². The Balaban J connectivity index is 2.61. The third-order valence-electron chi connectivity index (χ3n) is 4.50. The average molecular weight is 256 g/mol. The van der Waals surface area contributed by atoms with E-state index in [1.807, 2.05) is 14.2 Å². The van der Waals surface area contributed by atoms with Gasteiger partial charge in [-0.2, -0.15) is 0 Å². The van der Waals surface area contributed by atoms with Gasteiger partial charge in [-0.05, 0) is 46.7 Å². The Morgan fingerprint density at radius 2 is 2.11 bits per heavy atom. The predicted molar refractivity (Wildman–Crippen MR) is 78.1 cm³/mol. The molecule has 3 heteroatoms. The molecule has 2 unspecified atom stereocenters. The molecule has 0 aromatic carbocycles. The highest BCUT2D eigenvalue weighted by molar-refractivity contribution is 4.89. The first-order valence-corrected chi connectivity index (χ1v) is 7.51. The van der Waals surface area contributed by atoms with Gasteiger partial charge in [0.25, 0.3) is 0 Å². The van der Waals surface area contributed by atoms with Crippen LogP contribution in [0.1, 0.15) is 52.9 Å². The Morgan fingerprint density at radius 1 is 1.39 bits per heavy atom. The van der Waals surface area contributed by atoms with Crippen LogP contribution in [0.15, 0.2) is 0 Å². The fraction of sp³-hybridized carbons (Fsp3) is 1.00. The normalized spacial score (nSPS) is 24.2. The van der Waals surface area contributed by atoms with Gasteiger partial charge in [-0.3, -0.25) is 4.90 Å². The van der Waals surface area contributed by atoms with Crippen LogP contribution in [0.3, 0.4) is 0 Å². The molecule has 1 rings (SSSR count). The van der Waals surface area contributed by atoms with Gasteiger partial charge in [-0.1, -0.05) is 19.8 Å². The van der Waals surface area contributed by atoms with Crippen LogP contribution in [0.25, 0.3) is 0 Å². The van der Waals surface area contributed by atoms with E-state index in [0.29, 0.717) is 6.04 Å². The summed E-state index contributed by atoms with van der Waals surface area (Å²) in [6.07, 6.45) is 6.75. The summed E-state index contributed by atoms with van der Waals surface area (Å²) < 4.78 is 5.64. The monoisotopic (exact) mass is 256 g/mol. The first-order chi connectivity index (χ1) is 8.55. The van der Waals surface area contributed by atoms with Gasteiger partial charge >= 0.3 is 0 Å². The number of nitrogens with one attached hydrogen (secondary N) is 1. The summed E-state index contributed by atoms with van der Waals surface area (Å²) in [4.78, 5) is 2.68. The van der Waals surface area contributed by atoms with Crippen molar-refractivity contribution < 1.29 is 4.74 Å². The van der Waals surface area contributed by atoms with Crippen LogP contribution in [0.5, 0.6) is 0 Å². The molecule has 3 nitrogen and oxygen atoms in total. The standard InChI is InChI=1S/C15H32N2O/c1-6-9-13-10-7-8-11-17(13)12-14(16-4)15(2,3)18-5/h13-14,16H,6-12H2,1-5H3. The van der Waals surface area contributed by atoms with E-state index in [0.717, 1.165) is 12.6 Å². The molecule has 0 aliphatic carbocycles. The van der Waals surface area contributed by atoms with Gasteiger partial charge in [0.15, 0.2) is 0 Å². The lowest BCUT2D eigenvalue weighted by atomic mass is 9.93. The number of nitrogens with zero attached hydrogens (tertiary/aromatic N) is 1. The van der Waals surface area contributed by atoms with E-state index in [-0.39, 0.29) is 5.60 Å². The Kier molecular flexibility index (Phi) is 6.61. The van der Waals surface area contributed by atoms with E-state index >= 15 is 0 Å². The van der Waals surface area contributed by atoms with E-state index in [2.05, 4.69) is 31.0 Å². The predicted octanol–water partition coefficient (Wildman–Crippen LogP) is 2.65. The molecule has 1 heterocycles. The van der Waals surface area contributed by atoms with E-state index < -0.39 is 0 Å². The van der Waals surface area contributed by atoms with E-state index in [1.54, 1.807) is 0 Å². The summed E-state index contributed by atoms with van der Waals surface area (Å²) >= 11 is 0. The first kappa shape index (κ1) is 15.9. The SMILES string of the molecule is CCCC1CCCCN1CC(NC)C(C)(C)OC. The van der Waals surface area contributed by atoms with Crippen molar-refractivity contribution in [3.05, 3.63) is 0 Å². The number of piperidine rings is 1. The van der Waals surface area contributed by atoms with Crippen LogP contribution in [0, 0.1) is 0 Å². The molecule has 18 heavy (non-hydrogen) atoms. The molecule has 0 aromatic rings. The topological polar surface area (TPSA) is 24.5 Å². The average Bonchev–Trinajstić information content (AvgIpc) is 2.37. The van der Waals surface area contributed by atoms with Crippen molar-refractivity contribution in [2.24, 2.45) is 0 Å². The number of hydrogen-bond donors (Lipinski definition) is 1. The molecule has 0 spiro atoms. The summed E-state index contributed by atoms with van der Waals surface area (Å²) in [5, 5.41) is 3.44. The third-order valence-corrected chi connectivity index (χ3v) is 4.50. The summed E-state index contributed by atoms with van der Waals surface area (Å²) in [5.41, 5.74) is -0.108. The second-order valence-corrected chi connectivity index (χ2v) is 6.08. The Bertz CT molecular complexity index is 229. The van der Waals surface area contributed by atoms with E-state index in [1.165, 1.54) is 38.6 Å². The first-order valence-electron chi connectivity index (χ1n) is 7.51. The third kappa shape index (κ3) is 4.22. The lowest BCUT2D eigenvalue weighted by Crippen LogP contribution is -2.55. The highest BCUT2D eigenvalue weighted by Gasteiger charge is 2.32. The van der Waals surface area contributed by atoms with Gasteiger partial charge in [0.1, 0.15) is 0 Å². The lowest BCUT2D eigenvalue weighted by molar-refractivity contribution is -0.0249. The van der Waals surface area contributed by atoms with Crippen molar-refractivity contribution in [1.29, 1.82) is 0 Å². The fourth-order valence-corrected chi connectivity index (χ4v) is 3.00.